The lowest BCUT2D eigenvalue weighted by Crippen LogP contribution is -2.12. The third-order valence-corrected chi connectivity index (χ3v) is 13.1. The molecule has 0 saturated carbocycles. The molecular weight excluding hydrogens is 833 g/mol. The zero-order chi connectivity index (χ0) is 45.1. The normalized spacial score (nSPS) is 11.6. The van der Waals surface area contributed by atoms with E-state index in [0.717, 1.165) is 111 Å². The summed E-state index contributed by atoms with van der Waals surface area (Å²) < 4.78 is 9.20. The van der Waals surface area contributed by atoms with Crippen molar-refractivity contribution in [3.63, 3.8) is 0 Å². The summed E-state index contributed by atoms with van der Waals surface area (Å²) in [6, 6.07) is 79.4. The molecule has 0 aliphatic rings. The number of anilines is 3. The van der Waals surface area contributed by atoms with E-state index in [9.17, 15) is 5.11 Å². The van der Waals surface area contributed by atoms with E-state index in [-0.39, 0.29) is 5.75 Å². The number of phenolic OH excluding ortho intramolecular Hbond substituents is 1. The molecule has 13 rings (SSSR count). The molecule has 0 amide bonds. The first-order chi connectivity index (χ1) is 33.6. The zero-order valence-electron chi connectivity index (χ0n) is 36.7. The van der Waals surface area contributed by atoms with Crippen molar-refractivity contribution in [1.29, 1.82) is 0 Å². The summed E-state index contributed by atoms with van der Waals surface area (Å²) >= 11 is 0. The standard InChI is InChI=1S/C62H40N4O2/c67-57-37-44(40-17-3-1-4-18-40)32-33-50(57)62-64-60-51(35-45(41-19-5-2-6-20-41)36-56(60)66(62)55-29-16-24-43-22-8-10-26-48(43)55)53-39-46(38-52-49-27-11-12-30-58(49)68-61(52)53)65(59-31-13-14-34-63-59)54-28-15-23-42-21-7-9-25-47(42)54/h1-39,67H. The number of imidazole rings is 1. The summed E-state index contributed by atoms with van der Waals surface area (Å²) in [7, 11) is 0. The smallest absolute Gasteiger partial charge is 0.149 e. The molecule has 0 atom stereocenters. The highest BCUT2D eigenvalue weighted by atomic mass is 16.3. The second-order valence-electron chi connectivity index (χ2n) is 17.1. The number of furan rings is 1. The molecule has 0 spiro atoms. The van der Waals surface area contributed by atoms with E-state index >= 15 is 0 Å². The third-order valence-electron chi connectivity index (χ3n) is 13.1. The van der Waals surface area contributed by atoms with Crippen molar-refractivity contribution >= 4 is 71.7 Å². The Labute approximate surface area is 391 Å². The molecule has 320 valence electrons. The van der Waals surface area contributed by atoms with Crippen molar-refractivity contribution in [1.82, 2.24) is 14.5 Å². The number of pyridine rings is 1. The van der Waals surface area contributed by atoms with Crippen LogP contribution >= 0.6 is 0 Å². The van der Waals surface area contributed by atoms with Crippen LogP contribution in [-0.2, 0) is 0 Å². The number of fused-ring (bicyclic) bond motifs is 6. The van der Waals surface area contributed by atoms with Crippen molar-refractivity contribution in [2.24, 2.45) is 0 Å². The number of hydrogen-bond donors (Lipinski definition) is 1. The van der Waals surface area contributed by atoms with Gasteiger partial charge in [-0.1, -0.05) is 164 Å². The summed E-state index contributed by atoms with van der Waals surface area (Å²) in [5.74, 6) is 1.53. The van der Waals surface area contributed by atoms with Gasteiger partial charge >= 0.3 is 0 Å². The molecule has 3 aromatic heterocycles. The average Bonchev–Trinajstić information content (AvgIpc) is 3.98. The van der Waals surface area contributed by atoms with Crippen LogP contribution in [0.4, 0.5) is 17.2 Å². The van der Waals surface area contributed by atoms with Crippen molar-refractivity contribution in [2.75, 3.05) is 4.90 Å². The van der Waals surface area contributed by atoms with E-state index in [2.05, 4.69) is 179 Å². The largest absolute Gasteiger partial charge is 0.507 e. The van der Waals surface area contributed by atoms with Gasteiger partial charge in [0.05, 0.1) is 28.0 Å². The van der Waals surface area contributed by atoms with Crippen LogP contribution in [-0.4, -0.2) is 19.6 Å². The molecule has 6 nitrogen and oxygen atoms in total. The minimum Gasteiger partial charge on any atom is -0.507 e. The predicted octanol–water partition coefficient (Wildman–Crippen LogP) is 16.5. The Kier molecular flexibility index (Phi) is 9.22. The first-order valence-corrected chi connectivity index (χ1v) is 22.8. The molecule has 10 aromatic carbocycles. The van der Waals surface area contributed by atoms with Crippen LogP contribution in [0.15, 0.2) is 241 Å². The lowest BCUT2D eigenvalue weighted by atomic mass is 9.95. The molecule has 0 bridgehead atoms. The predicted molar refractivity (Wildman–Crippen MR) is 279 cm³/mol. The number of aromatic nitrogens is 3. The van der Waals surface area contributed by atoms with Crippen LogP contribution in [0.2, 0.25) is 0 Å². The molecule has 68 heavy (non-hydrogen) atoms. The summed E-state index contributed by atoms with van der Waals surface area (Å²) in [5.41, 5.74) is 12.4. The fraction of sp³-hybridized carbons (Fsp3) is 0. The Morgan fingerprint density at radius 3 is 1.88 bits per heavy atom. The molecule has 0 unspecified atom stereocenters. The summed E-state index contributed by atoms with van der Waals surface area (Å²) in [6.45, 7) is 0. The van der Waals surface area contributed by atoms with E-state index in [1.54, 1.807) is 0 Å². The van der Waals surface area contributed by atoms with Crippen LogP contribution in [0.3, 0.4) is 0 Å². The number of benzene rings is 10. The van der Waals surface area contributed by atoms with Gasteiger partial charge in [-0.15, -0.1) is 0 Å². The molecule has 0 aliphatic heterocycles. The van der Waals surface area contributed by atoms with Crippen LogP contribution in [0.25, 0.3) is 105 Å². The van der Waals surface area contributed by atoms with Crippen LogP contribution in [0.5, 0.6) is 5.75 Å². The van der Waals surface area contributed by atoms with Crippen molar-refractivity contribution in [3.05, 3.63) is 237 Å². The van der Waals surface area contributed by atoms with Crippen LogP contribution in [0, 0.1) is 0 Å². The summed E-state index contributed by atoms with van der Waals surface area (Å²) in [4.78, 5) is 12.9. The molecule has 0 saturated heterocycles. The minimum atomic E-state index is 0.135. The maximum absolute atomic E-state index is 12.2. The van der Waals surface area contributed by atoms with Crippen LogP contribution < -0.4 is 4.90 Å². The highest BCUT2D eigenvalue weighted by Crippen LogP contribution is 2.48. The topological polar surface area (TPSA) is 67.3 Å². The van der Waals surface area contributed by atoms with Crippen LogP contribution in [0.1, 0.15) is 0 Å². The van der Waals surface area contributed by atoms with Gasteiger partial charge < -0.3 is 9.52 Å². The maximum Gasteiger partial charge on any atom is 0.149 e. The number of hydrogen-bond acceptors (Lipinski definition) is 5. The lowest BCUT2D eigenvalue weighted by molar-refractivity contribution is 0.477. The van der Waals surface area contributed by atoms with Gasteiger partial charge in [0, 0.05) is 44.6 Å². The van der Waals surface area contributed by atoms with Gasteiger partial charge in [0.25, 0.3) is 0 Å². The SMILES string of the molecule is Oc1cc(-c2ccccc2)ccc1-c1nc2c(-c3cc(N(c4ccccn4)c4cccc5ccccc45)cc4c3oc3ccccc34)cc(-c3ccccc3)cc2n1-c1cccc2ccccc12. The van der Waals surface area contributed by atoms with Crippen molar-refractivity contribution in [2.45, 2.75) is 0 Å². The monoisotopic (exact) mass is 872 g/mol. The zero-order valence-corrected chi connectivity index (χ0v) is 36.7. The summed E-state index contributed by atoms with van der Waals surface area (Å²) in [6.07, 6.45) is 1.84. The van der Waals surface area contributed by atoms with Gasteiger partial charge in [0.15, 0.2) is 0 Å². The third kappa shape index (κ3) is 6.50. The maximum atomic E-state index is 12.2. The molecular formula is C62H40N4O2. The van der Waals surface area contributed by atoms with E-state index in [1.165, 1.54) is 0 Å². The highest BCUT2D eigenvalue weighted by molar-refractivity contribution is 6.15. The fourth-order valence-corrected chi connectivity index (χ4v) is 9.96. The molecule has 0 fully saturated rings. The fourth-order valence-electron chi connectivity index (χ4n) is 9.96. The average molecular weight is 873 g/mol. The Morgan fingerprint density at radius 1 is 0.456 bits per heavy atom. The number of rotatable bonds is 8. The van der Waals surface area contributed by atoms with E-state index < -0.39 is 0 Å². The summed E-state index contributed by atoms with van der Waals surface area (Å²) in [5, 5.41) is 18.5. The number of phenols is 1. The highest BCUT2D eigenvalue weighted by Gasteiger charge is 2.27. The van der Waals surface area contributed by atoms with Gasteiger partial charge in [-0.25, -0.2) is 9.97 Å². The first kappa shape index (κ1) is 39.1. The molecule has 0 radical (unpaired) electrons. The number of para-hydroxylation sites is 1. The number of nitrogens with zero attached hydrogens (tertiary/aromatic N) is 4. The van der Waals surface area contributed by atoms with Gasteiger partial charge in [0.1, 0.15) is 28.6 Å². The Bertz CT molecular complexity index is 4040. The second kappa shape index (κ2) is 16.0. The van der Waals surface area contributed by atoms with E-state index in [4.69, 9.17) is 14.4 Å². The molecule has 0 aliphatic carbocycles. The second-order valence-corrected chi connectivity index (χ2v) is 17.1. The Hall–Kier alpha value is -9.26. The van der Waals surface area contributed by atoms with E-state index in [0.29, 0.717) is 11.4 Å². The number of aromatic hydroxyl groups is 1. The molecule has 1 N–H and O–H groups in total. The van der Waals surface area contributed by atoms with Gasteiger partial charge in [-0.05, 0) is 99.8 Å². The molecule has 6 heteroatoms. The Morgan fingerprint density at radius 2 is 1.12 bits per heavy atom. The quantitative estimate of drug-likeness (QED) is 0.165. The Balaban J connectivity index is 1.16. The van der Waals surface area contributed by atoms with Crippen molar-refractivity contribution in [3.8, 4) is 56.2 Å². The minimum absolute atomic E-state index is 0.135. The first-order valence-electron chi connectivity index (χ1n) is 22.8. The molecule has 3 heterocycles. The van der Waals surface area contributed by atoms with Gasteiger partial charge in [0.2, 0.25) is 0 Å². The lowest BCUT2D eigenvalue weighted by Gasteiger charge is -2.26. The molecule has 13 aromatic rings. The van der Waals surface area contributed by atoms with Gasteiger partial charge in [-0.3, -0.25) is 9.47 Å². The van der Waals surface area contributed by atoms with Crippen molar-refractivity contribution < 1.29 is 9.52 Å². The van der Waals surface area contributed by atoms with E-state index in [1.807, 2.05) is 66.9 Å². The van der Waals surface area contributed by atoms with Gasteiger partial charge in [-0.2, -0.15) is 0 Å².